The molecule has 2 heterocycles. The van der Waals surface area contributed by atoms with Gasteiger partial charge in [-0.25, -0.2) is 9.78 Å². The number of amides is 1. The number of rotatable bonds is 3. The van der Waals surface area contributed by atoms with Crippen LogP contribution < -0.4 is 5.32 Å². The van der Waals surface area contributed by atoms with Crippen LogP contribution in [-0.2, 0) is 9.53 Å². The number of esters is 1. The Hall–Kier alpha value is -1.60. The Kier molecular flexibility index (Phi) is 4.25. The van der Waals surface area contributed by atoms with Crippen molar-refractivity contribution in [1.82, 2.24) is 14.7 Å². The van der Waals surface area contributed by atoms with Crippen molar-refractivity contribution in [2.24, 2.45) is 0 Å². The minimum atomic E-state index is -0.919. The van der Waals surface area contributed by atoms with E-state index < -0.39 is 17.6 Å². The second-order valence-electron chi connectivity index (χ2n) is 5.59. The van der Waals surface area contributed by atoms with Crippen LogP contribution in [0.2, 0.25) is 5.15 Å². The van der Waals surface area contributed by atoms with E-state index in [-0.39, 0.29) is 16.8 Å². The number of imidazole rings is 1. The van der Waals surface area contributed by atoms with Crippen LogP contribution in [0.5, 0.6) is 0 Å². The molecule has 114 valence electrons. The summed E-state index contributed by atoms with van der Waals surface area (Å²) in [5.41, 5.74) is -0.268. The molecule has 0 saturated carbocycles. The van der Waals surface area contributed by atoms with Crippen molar-refractivity contribution < 1.29 is 14.3 Å². The van der Waals surface area contributed by atoms with E-state index in [1.807, 2.05) is 20.8 Å². The number of fused-ring (bicyclic) bond motifs is 1. The van der Waals surface area contributed by atoms with Gasteiger partial charge in [0.1, 0.15) is 0 Å². The molecule has 6 nitrogen and oxygen atoms in total. The molecule has 2 aromatic heterocycles. The Morgan fingerprint density at radius 3 is 2.76 bits per heavy atom. The lowest BCUT2D eigenvalue weighted by Gasteiger charge is -2.23. The lowest BCUT2D eigenvalue weighted by atomic mass is 10.1. The lowest BCUT2D eigenvalue weighted by molar-refractivity contribution is -0.130. The molecule has 0 fully saturated rings. The Balaban J connectivity index is 2.12. The van der Waals surface area contributed by atoms with Gasteiger partial charge in [-0.05, 0) is 27.7 Å². The summed E-state index contributed by atoms with van der Waals surface area (Å²) in [6, 6.07) is 0. The van der Waals surface area contributed by atoms with Gasteiger partial charge in [0.05, 0.1) is 0 Å². The van der Waals surface area contributed by atoms with Gasteiger partial charge in [-0.1, -0.05) is 11.6 Å². The highest BCUT2D eigenvalue weighted by Crippen LogP contribution is 2.22. The van der Waals surface area contributed by atoms with Gasteiger partial charge in [0.15, 0.2) is 21.9 Å². The quantitative estimate of drug-likeness (QED) is 0.878. The van der Waals surface area contributed by atoms with Gasteiger partial charge in [-0.15, -0.1) is 11.3 Å². The monoisotopic (exact) mass is 329 g/mol. The molecule has 0 unspecified atom stereocenters. The molecule has 2 aromatic rings. The number of carbonyl (C=O) groups is 2. The molecule has 0 saturated heterocycles. The van der Waals surface area contributed by atoms with Crippen LogP contribution in [-0.4, -0.2) is 32.9 Å². The van der Waals surface area contributed by atoms with Crippen LogP contribution >= 0.6 is 22.9 Å². The first-order valence-electron chi connectivity index (χ1n) is 6.33. The van der Waals surface area contributed by atoms with Crippen LogP contribution in [0.15, 0.2) is 11.6 Å². The molecular formula is C13H16ClN3O3S. The normalized spacial score (nSPS) is 13.2. The van der Waals surface area contributed by atoms with Gasteiger partial charge in [0.25, 0.3) is 5.91 Å². The maximum Gasteiger partial charge on any atom is 0.359 e. The minimum Gasteiger partial charge on any atom is -0.448 e. The van der Waals surface area contributed by atoms with Crippen molar-refractivity contribution >= 4 is 39.8 Å². The zero-order chi connectivity index (χ0) is 15.8. The largest absolute Gasteiger partial charge is 0.448 e. The Morgan fingerprint density at radius 1 is 1.48 bits per heavy atom. The molecule has 0 radical (unpaired) electrons. The third-order valence-corrected chi connectivity index (χ3v) is 3.58. The van der Waals surface area contributed by atoms with E-state index in [4.69, 9.17) is 16.3 Å². The summed E-state index contributed by atoms with van der Waals surface area (Å²) in [6.07, 6.45) is 0.756. The predicted molar refractivity (Wildman–Crippen MR) is 80.9 cm³/mol. The molecule has 0 aliphatic rings. The molecule has 21 heavy (non-hydrogen) atoms. The van der Waals surface area contributed by atoms with Crippen LogP contribution in [0, 0.1) is 0 Å². The number of halogens is 1. The van der Waals surface area contributed by atoms with Crippen LogP contribution in [0.1, 0.15) is 38.2 Å². The van der Waals surface area contributed by atoms with Crippen LogP contribution in [0.4, 0.5) is 0 Å². The summed E-state index contributed by atoms with van der Waals surface area (Å²) >= 11 is 7.30. The first-order chi connectivity index (χ1) is 9.69. The fraction of sp³-hybridized carbons (Fsp3) is 0.462. The topological polar surface area (TPSA) is 72.7 Å². The fourth-order valence-corrected chi connectivity index (χ4v) is 2.70. The molecule has 1 atom stereocenters. The zero-order valence-corrected chi connectivity index (χ0v) is 13.7. The summed E-state index contributed by atoms with van der Waals surface area (Å²) in [5.74, 6) is -1.04. The Bertz CT molecular complexity index is 686. The first-order valence-corrected chi connectivity index (χ1v) is 7.59. The minimum absolute atomic E-state index is 0.0651. The zero-order valence-electron chi connectivity index (χ0n) is 12.1. The molecule has 1 N–H and O–H groups in total. The van der Waals surface area contributed by atoms with Crippen LogP contribution in [0.3, 0.4) is 0 Å². The summed E-state index contributed by atoms with van der Waals surface area (Å²) in [7, 11) is 0. The molecule has 0 spiro atoms. The first kappa shape index (κ1) is 15.8. The van der Waals surface area contributed by atoms with E-state index >= 15 is 0 Å². The third kappa shape index (κ3) is 3.54. The number of hydrogen-bond donors (Lipinski definition) is 1. The average Bonchev–Trinajstić information content (AvgIpc) is 2.85. The van der Waals surface area contributed by atoms with Crippen molar-refractivity contribution in [2.75, 3.05) is 0 Å². The van der Waals surface area contributed by atoms with Crippen molar-refractivity contribution in [2.45, 2.75) is 39.3 Å². The number of carbonyl (C=O) groups excluding carboxylic acids is 2. The van der Waals surface area contributed by atoms with Gasteiger partial charge in [0, 0.05) is 17.1 Å². The Morgan fingerprint density at radius 2 is 2.14 bits per heavy atom. The number of hydrogen-bond acceptors (Lipinski definition) is 5. The van der Waals surface area contributed by atoms with E-state index in [9.17, 15) is 9.59 Å². The molecule has 1 amide bonds. The van der Waals surface area contributed by atoms with Crippen molar-refractivity contribution in [3.63, 3.8) is 0 Å². The van der Waals surface area contributed by atoms with E-state index in [1.54, 1.807) is 16.0 Å². The van der Waals surface area contributed by atoms with E-state index in [0.29, 0.717) is 4.96 Å². The highest BCUT2D eigenvalue weighted by atomic mass is 35.5. The summed E-state index contributed by atoms with van der Waals surface area (Å²) < 4.78 is 6.71. The SMILES string of the molecule is C[C@H](OC(=O)c1c(Cl)nc2sccn12)C(=O)NC(C)(C)C. The number of nitrogens with zero attached hydrogens (tertiary/aromatic N) is 2. The predicted octanol–water partition coefficient (Wildman–Crippen LogP) is 2.51. The third-order valence-electron chi connectivity index (χ3n) is 2.56. The van der Waals surface area contributed by atoms with Gasteiger partial charge in [0.2, 0.25) is 0 Å². The van der Waals surface area contributed by atoms with E-state index in [2.05, 4.69) is 10.3 Å². The van der Waals surface area contributed by atoms with E-state index in [1.165, 1.54) is 18.3 Å². The molecule has 0 aliphatic carbocycles. The lowest BCUT2D eigenvalue weighted by Crippen LogP contribution is -2.46. The number of ether oxygens (including phenoxy) is 1. The average molecular weight is 330 g/mol. The second kappa shape index (κ2) is 5.65. The van der Waals surface area contributed by atoms with E-state index in [0.717, 1.165) is 0 Å². The highest BCUT2D eigenvalue weighted by Gasteiger charge is 2.26. The summed E-state index contributed by atoms with van der Waals surface area (Å²) in [5, 5.41) is 4.59. The smallest absolute Gasteiger partial charge is 0.359 e. The molecule has 0 aliphatic heterocycles. The molecule has 0 aromatic carbocycles. The van der Waals surface area contributed by atoms with Gasteiger partial charge in [-0.2, -0.15) is 0 Å². The molecule has 2 rings (SSSR count). The fourth-order valence-electron chi connectivity index (χ4n) is 1.68. The maximum atomic E-state index is 12.2. The van der Waals surface area contributed by atoms with Gasteiger partial charge >= 0.3 is 5.97 Å². The molecule has 0 bridgehead atoms. The Labute approximate surface area is 131 Å². The highest BCUT2D eigenvalue weighted by molar-refractivity contribution is 7.15. The molecular weight excluding hydrogens is 314 g/mol. The number of nitrogens with one attached hydrogen (secondary N) is 1. The number of aromatic nitrogens is 2. The molecule has 8 heteroatoms. The van der Waals surface area contributed by atoms with Gasteiger partial charge < -0.3 is 10.1 Å². The number of thiazole rings is 1. The van der Waals surface area contributed by atoms with Crippen LogP contribution in [0.25, 0.3) is 4.96 Å². The summed E-state index contributed by atoms with van der Waals surface area (Å²) in [6.45, 7) is 7.06. The van der Waals surface area contributed by atoms with Crippen molar-refractivity contribution in [3.8, 4) is 0 Å². The van der Waals surface area contributed by atoms with Crippen molar-refractivity contribution in [1.29, 1.82) is 0 Å². The van der Waals surface area contributed by atoms with Crippen molar-refractivity contribution in [3.05, 3.63) is 22.4 Å². The standard InChI is InChI=1S/C13H16ClN3O3S/c1-7(10(18)16-13(2,3)4)20-11(19)8-9(14)15-12-17(8)5-6-21-12/h5-7H,1-4H3,(H,16,18)/t7-/m0/s1. The maximum absolute atomic E-state index is 12.2. The second-order valence-corrected chi connectivity index (χ2v) is 6.82. The summed E-state index contributed by atoms with van der Waals surface area (Å²) in [4.78, 5) is 28.7. The van der Waals surface area contributed by atoms with Gasteiger partial charge in [-0.3, -0.25) is 9.20 Å².